The summed E-state index contributed by atoms with van der Waals surface area (Å²) in [6.07, 6.45) is 0. The van der Waals surface area contributed by atoms with Crippen molar-refractivity contribution in [3.8, 4) is 0 Å². The van der Waals surface area contributed by atoms with Crippen LogP contribution in [0, 0.1) is 39.7 Å². The first-order chi connectivity index (χ1) is 15.1. The fourth-order valence-electron chi connectivity index (χ4n) is 2.83. The van der Waals surface area contributed by atoms with Gasteiger partial charge in [0, 0.05) is 12.7 Å². The number of aliphatic hydroxyl groups is 1. The van der Waals surface area contributed by atoms with E-state index in [1.807, 2.05) is 39.8 Å². The van der Waals surface area contributed by atoms with Gasteiger partial charge in [0.1, 0.15) is 0 Å². The Labute approximate surface area is 201 Å². The molecule has 180 valence electrons. The highest BCUT2D eigenvalue weighted by Crippen LogP contribution is 2.23. The van der Waals surface area contributed by atoms with Gasteiger partial charge < -0.3 is 19.3 Å². The number of aliphatic hydroxyl groups excluding tert-OH is 1. The van der Waals surface area contributed by atoms with Crippen LogP contribution in [0.15, 0.2) is 24.3 Å². The Kier molecular flexibility index (Phi) is 14.8. The molecule has 0 amide bonds. The maximum absolute atomic E-state index is 11.5. The van der Waals surface area contributed by atoms with Gasteiger partial charge in [-0.1, -0.05) is 12.1 Å². The number of ether oxygens (including phenoxy) is 3. The number of nitrogens with one attached hydrogen (secondary N) is 1. The molecule has 0 aliphatic rings. The smallest absolute Gasteiger partial charge is 0.338 e. The van der Waals surface area contributed by atoms with Crippen molar-refractivity contribution < 1.29 is 28.9 Å². The zero-order valence-electron chi connectivity index (χ0n) is 20.2. The Morgan fingerprint density at radius 2 is 1.15 bits per heavy atom. The lowest BCUT2D eigenvalue weighted by Gasteiger charge is -2.10. The van der Waals surface area contributed by atoms with Gasteiger partial charge in [-0.3, -0.25) is 5.41 Å². The van der Waals surface area contributed by atoms with Crippen LogP contribution >= 0.6 is 12.4 Å². The van der Waals surface area contributed by atoms with E-state index < -0.39 is 11.9 Å². The zero-order chi connectivity index (χ0) is 25.0. The molecular weight excluding hydrogens is 448 g/mol. The molecule has 0 unspecified atom stereocenters. The monoisotopic (exact) mass is 478 g/mol. The van der Waals surface area contributed by atoms with Gasteiger partial charge in [-0.15, -0.1) is 12.4 Å². The van der Waals surface area contributed by atoms with E-state index in [2.05, 4.69) is 14.3 Å². The fourth-order valence-corrected chi connectivity index (χ4v) is 2.83. The predicted octanol–water partition coefficient (Wildman–Crippen LogP) is 4.73. The van der Waals surface area contributed by atoms with E-state index in [1.54, 1.807) is 12.1 Å². The average Bonchev–Trinajstić information content (AvgIpc) is 2.79. The van der Waals surface area contributed by atoms with Crippen LogP contribution in [0.25, 0.3) is 4.85 Å². The van der Waals surface area contributed by atoms with Crippen molar-refractivity contribution in [3.05, 3.63) is 74.6 Å². The lowest BCUT2D eigenvalue weighted by atomic mass is 10.00. The molecule has 0 aromatic heterocycles. The van der Waals surface area contributed by atoms with Crippen molar-refractivity contribution in [1.29, 1.82) is 5.41 Å². The van der Waals surface area contributed by atoms with Gasteiger partial charge in [0.05, 0.1) is 39.0 Å². The third-order valence-electron chi connectivity index (χ3n) is 4.49. The van der Waals surface area contributed by atoms with Crippen LogP contribution in [0.4, 0.5) is 5.69 Å². The summed E-state index contributed by atoms with van der Waals surface area (Å²) < 4.78 is 14.1. The topological polar surface area (TPSA) is 110 Å². The van der Waals surface area contributed by atoms with Crippen molar-refractivity contribution in [2.45, 2.75) is 27.7 Å². The van der Waals surface area contributed by atoms with Crippen LogP contribution in [0.3, 0.4) is 0 Å². The molecule has 33 heavy (non-hydrogen) atoms. The number of esters is 2. The van der Waals surface area contributed by atoms with Crippen LogP contribution in [-0.4, -0.2) is 51.4 Å². The third-order valence-corrected chi connectivity index (χ3v) is 4.49. The van der Waals surface area contributed by atoms with Crippen LogP contribution in [0.1, 0.15) is 48.5 Å². The van der Waals surface area contributed by atoms with Gasteiger partial charge in [0.15, 0.2) is 5.69 Å². The van der Waals surface area contributed by atoms with Crippen LogP contribution in [0.5, 0.6) is 0 Å². The first-order valence-corrected chi connectivity index (χ1v) is 9.45. The van der Waals surface area contributed by atoms with Gasteiger partial charge in [-0.25, -0.2) is 14.4 Å². The lowest BCUT2D eigenvalue weighted by Crippen LogP contribution is -2.10. The number of carbonyl (C=O) groups excluding carboxylic acids is 2. The molecule has 0 heterocycles. The number of nitrogens with zero attached hydrogens (tertiary/aromatic N) is 1. The van der Waals surface area contributed by atoms with E-state index in [-0.39, 0.29) is 18.3 Å². The Morgan fingerprint density at radius 3 is 1.55 bits per heavy atom. The number of hydrogen-bond donors (Lipinski definition) is 2. The van der Waals surface area contributed by atoms with Crippen molar-refractivity contribution in [1.82, 2.24) is 0 Å². The van der Waals surface area contributed by atoms with Gasteiger partial charge in [-0.2, -0.15) is 0 Å². The second-order valence-corrected chi connectivity index (χ2v) is 6.56. The highest BCUT2D eigenvalue weighted by atomic mass is 35.5. The van der Waals surface area contributed by atoms with E-state index in [1.165, 1.54) is 21.3 Å². The van der Waals surface area contributed by atoms with E-state index in [0.717, 1.165) is 29.4 Å². The number of benzene rings is 2. The molecule has 0 aliphatic heterocycles. The quantitative estimate of drug-likeness (QED) is 0.285. The van der Waals surface area contributed by atoms with Crippen molar-refractivity contribution in [2.24, 2.45) is 0 Å². The molecule has 0 saturated carbocycles. The highest BCUT2D eigenvalue weighted by molar-refractivity contribution is 5.98. The molecule has 2 aromatic carbocycles. The number of rotatable bonds is 3. The zero-order valence-corrected chi connectivity index (χ0v) is 21.0. The molecule has 2 N–H and O–H groups in total. The molecular formula is C24H31ClN2O6. The molecule has 0 bridgehead atoms. The van der Waals surface area contributed by atoms with Crippen LogP contribution in [0.2, 0.25) is 0 Å². The summed E-state index contributed by atoms with van der Waals surface area (Å²) in [5.74, 6) is -0.752. The Balaban J connectivity index is 0. The van der Waals surface area contributed by atoms with Gasteiger partial charge >= 0.3 is 11.9 Å². The van der Waals surface area contributed by atoms with E-state index in [9.17, 15) is 9.59 Å². The molecule has 0 atom stereocenters. The number of carbonyl (C=O) groups is 2. The Bertz CT molecular complexity index is 991. The molecule has 0 radical (unpaired) electrons. The van der Waals surface area contributed by atoms with Gasteiger partial charge in [0.25, 0.3) is 0 Å². The number of aryl methyl sites for hydroxylation is 4. The Morgan fingerprint density at radius 1 is 0.758 bits per heavy atom. The summed E-state index contributed by atoms with van der Waals surface area (Å²) in [4.78, 5) is 26.1. The van der Waals surface area contributed by atoms with Crippen molar-refractivity contribution in [2.75, 3.05) is 28.4 Å². The molecule has 2 rings (SSSR count). The molecule has 0 spiro atoms. The molecule has 8 nitrogen and oxygen atoms in total. The summed E-state index contributed by atoms with van der Waals surface area (Å²) in [6, 6.07) is 6.86. The van der Waals surface area contributed by atoms with Gasteiger partial charge in [0.2, 0.25) is 5.90 Å². The Hall–Kier alpha value is -3.41. The molecule has 0 fully saturated rings. The summed E-state index contributed by atoms with van der Waals surface area (Å²) in [5, 5.41) is 14.6. The number of hydrogen-bond acceptors (Lipinski definition) is 7. The largest absolute Gasteiger partial charge is 0.481 e. The first-order valence-electron chi connectivity index (χ1n) is 9.45. The van der Waals surface area contributed by atoms with Gasteiger partial charge in [-0.05, 0) is 62.1 Å². The maximum atomic E-state index is 11.5. The standard InChI is InChI=1S/C12H15NO3.C11H11NO2.CH4O.ClH/c1-7-5-8(2)10(12(14)16-4)6-9(7)11(13)15-3;1-7-5-8(2)10(12-3)6-9(7)11(13)14-4;1-2;/h5-6,13H,1-4H3;5-6H,1-2,4H3;2H,1H3;1H. The lowest BCUT2D eigenvalue weighted by molar-refractivity contribution is 0.0591. The van der Waals surface area contributed by atoms with Crippen LogP contribution < -0.4 is 0 Å². The summed E-state index contributed by atoms with van der Waals surface area (Å²) in [6.45, 7) is 14.3. The first kappa shape index (κ1) is 31.8. The minimum atomic E-state index is -0.400. The summed E-state index contributed by atoms with van der Waals surface area (Å²) in [5.41, 5.74) is 5.47. The summed E-state index contributed by atoms with van der Waals surface area (Å²) >= 11 is 0. The van der Waals surface area contributed by atoms with Crippen molar-refractivity contribution in [3.63, 3.8) is 0 Å². The SMILES string of the molecule is CO.COC(=N)c1cc(C(=O)OC)c(C)cc1C.Cl.[C-]#[N+]c1cc(C(=O)OC)c(C)cc1C. The second-order valence-electron chi connectivity index (χ2n) is 6.56. The molecule has 9 heteroatoms. The van der Waals surface area contributed by atoms with E-state index >= 15 is 0 Å². The maximum Gasteiger partial charge on any atom is 0.338 e. The van der Waals surface area contributed by atoms with E-state index in [4.69, 9.17) is 21.8 Å². The average molecular weight is 479 g/mol. The molecule has 0 saturated heterocycles. The number of methoxy groups -OCH3 is 3. The highest BCUT2D eigenvalue weighted by Gasteiger charge is 2.15. The second kappa shape index (κ2) is 15.4. The molecule has 0 aliphatic carbocycles. The minimum Gasteiger partial charge on any atom is -0.481 e. The van der Waals surface area contributed by atoms with E-state index in [0.29, 0.717) is 22.4 Å². The summed E-state index contributed by atoms with van der Waals surface area (Å²) in [7, 11) is 5.10. The van der Waals surface area contributed by atoms with Crippen LogP contribution in [-0.2, 0) is 14.2 Å². The normalized spacial score (nSPS) is 8.85. The van der Waals surface area contributed by atoms with Crippen molar-refractivity contribution >= 4 is 35.9 Å². The number of halogens is 1. The minimum absolute atomic E-state index is 0. The fraction of sp³-hybridized carbons (Fsp3) is 0.333. The predicted molar refractivity (Wildman–Crippen MR) is 130 cm³/mol. The third kappa shape index (κ3) is 8.56. The molecule has 2 aromatic rings.